The average molecular weight is 352 g/mol. The van der Waals surface area contributed by atoms with Crippen molar-refractivity contribution in [3.63, 3.8) is 0 Å². The summed E-state index contributed by atoms with van der Waals surface area (Å²) in [5.74, 6) is -0.993. The lowest BCUT2D eigenvalue weighted by Crippen LogP contribution is -2.32. The molecule has 1 aromatic carbocycles. The van der Waals surface area contributed by atoms with Crippen LogP contribution in [0.4, 0.5) is 18.9 Å². The van der Waals surface area contributed by atoms with E-state index in [9.17, 15) is 18.0 Å². The minimum atomic E-state index is -4.46. The second-order valence-electron chi connectivity index (χ2n) is 4.75. The predicted octanol–water partition coefficient (Wildman–Crippen LogP) is 3.91. The van der Waals surface area contributed by atoms with Gasteiger partial charge in [-0.15, -0.1) is 0 Å². The summed E-state index contributed by atoms with van der Waals surface area (Å²) in [5, 5.41) is 8.86. The molecule has 1 fully saturated rings. The van der Waals surface area contributed by atoms with Crippen molar-refractivity contribution in [2.75, 3.05) is 11.4 Å². The fourth-order valence-electron chi connectivity index (χ4n) is 2.55. The van der Waals surface area contributed by atoms with Crippen LogP contribution in [0.1, 0.15) is 24.8 Å². The van der Waals surface area contributed by atoms with E-state index in [1.807, 2.05) is 0 Å². The van der Waals surface area contributed by atoms with Crippen molar-refractivity contribution in [2.45, 2.75) is 31.5 Å². The largest absolute Gasteiger partial charge is 0.481 e. The maximum Gasteiger partial charge on any atom is 0.418 e. The zero-order valence-corrected chi connectivity index (χ0v) is 12.0. The van der Waals surface area contributed by atoms with Crippen LogP contribution < -0.4 is 4.90 Å². The summed E-state index contributed by atoms with van der Waals surface area (Å²) in [7, 11) is 0. The Hall–Kier alpha value is -1.24. The van der Waals surface area contributed by atoms with Gasteiger partial charge >= 0.3 is 12.1 Å². The lowest BCUT2D eigenvalue weighted by molar-refractivity contribution is -0.137. The second kappa shape index (κ2) is 5.63. The zero-order chi connectivity index (χ0) is 14.9. The third kappa shape index (κ3) is 3.26. The summed E-state index contributed by atoms with van der Waals surface area (Å²) < 4.78 is 39.7. The van der Waals surface area contributed by atoms with Crippen molar-refractivity contribution in [3.8, 4) is 0 Å². The van der Waals surface area contributed by atoms with Gasteiger partial charge in [-0.3, -0.25) is 4.79 Å². The summed E-state index contributed by atoms with van der Waals surface area (Å²) in [5.41, 5.74) is -0.673. The fourth-order valence-corrected chi connectivity index (χ4v) is 2.91. The molecule has 0 saturated carbocycles. The zero-order valence-electron chi connectivity index (χ0n) is 10.5. The normalized spacial score (nSPS) is 19.4. The predicted molar refractivity (Wildman–Crippen MR) is 71.8 cm³/mol. The summed E-state index contributed by atoms with van der Waals surface area (Å²) >= 11 is 3.04. The minimum absolute atomic E-state index is 0.0597. The van der Waals surface area contributed by atoms with E-state index in [0.29, 0.717) is 23.9 Å². The number of carboxylic acids is 1. The second-order valence-corrected chi connectivity index (χ2v) is 5.66. The molecular weight excluding hydrogens is 339 g/mol. The van der Waals surface area contributed by atoms with Gasteiger partial charge in [0.2, 0.25) is 0 Å². The van der Waals surface area contributed by atoms with Crippen molar-refractivity contribution in [2.24, 2.45) is 0 Å². The maximum absolute atomic E-state index is 13.1. The van der Waals surface area contributed by atoms with Gasteiger partial charge in [0, 0.05) is 22.7 Å². The van der Waals surface area contributed by atoms with E-state index >= 15 is 0 Å². The number of benzene rings is 1. The quantitative estimate of drug-likeness (QED) is 0.897. The number of carbonyl (C=O) groups is 1. The molecule has 1 atom stereocenters. The Balaban J connectivity index is 2.39. The van der Waals surface area contributed by atoms with E-state index in [2.05, 4.69) is 15.9 Å². The molecule has 1 aliphatic rings. The van der Waals surface area contributed by atoms with Gasteiger partial charge in [-0.25, -0.2) is 0 Å². The first kappa shape index (κ1) is 15.2. The molecule has 110 valence electrons. The van der Waals surface area contributed by atoms with Gasteiger partial charge in [0.25, 0.3) is 0 Å². The first-order valence-electron chi connectivity index (χ1n) is 6.14. The number of alkyl halides is 3. The number of nitrogens with zero attached hydrogens (tertiary/aromatic N) is 1. The lowest BCUT2D eigenvalue weighted by atomic mass is 10.1. The van der Waals surface area contributed by atoms with Crippen LogP contribution in [0.5, 0.6) is 0 Å². The molecule has 1 unspecified atom stereocenters. The molecule has 1 aliphatic heterocycles. The van der Waals surface area contributed by atoms with Crippen molar-refractivity contribution in [1.82, 2.24) is 0 Å². The van der Waals surface area contributed by atoms with Crippen LogP contribution in [0.25, 0.3) is 0 Å². The van der Waals surface area contributed by atoms with Gasteiger partial charge in [-0.05, 0) is 31.0 Å². The van der Waals surface area contributed by atoms with E-state index in [0.717, 1.165) is 6.07 Å². The number of halogens is 4. The molecule has 20 heavy (non-hydrogen) atoms. The highest BCUT2D eigenvalue weighted by molar-refractivity contribution is 9.10. The highest BCUT2D eigenvalue weighted by Crippen LogP contribution is 2.40. The van der Waals surface area contributed by atoms with Gasteiger partial charge in [-0.1, -0.05) is 15.9 Å². The molecule has 3 nitrogen and oxygen atoms in total. The molecule has 0 radical (unpaired) electrons. The van der Waals surface area contributed by atoms with E-state index in [-0.39, 0.29) is 18.2 Å². The van der Waals surface area contributed by atoms with E-state index in [1.165, 1.54) is 6.07 Å². The van der Waals surface area contributed by atoms with Crippen molar-refractivity contribution in [1.29, 1.82) is 0 Å². The van der Waals surface area contributed by atoms with Crippen molar-refractivity contribution >= 4 is 27.6 Å². The number of hydrogen-bond donors (Lipinski definition) is 1. The molecule has 1 saturated heterocycles. The topological polar surface area (TPSA) is 40.5 Å². The SMILES string of the molecule is O=C(O)CC1CCCN1c1ccc(Br)cc1C(F)(F)F. The van der Waals surface area contributed by atoms with Crippen LogP contribution in [0.2, 0.25) is 0 Å². The lowest BCUT2D eigenvalue weighted by Gasteiger charge is -2.28. The molecule has 0 aliphatic carbocycles. The number of anilines is 1. The first-order valence-corrected chi connectivity index (χ1v) is 6.93. The Morgan fingerprint density at radius 1 is 1.45 bits per heavy atom. The summed E-state index contributed by atoms with van der Waals surface area (Å²) in [6, 6.07) is 3.59. The molecule has 1 aromatic rings. The van der Waals surface area contributed by atoms with Crippen molar-refractivity contribution < 1.29 is 23.1 Å². The summed E-state index contributed by atoms with van der Waals surface area (Å²) in [6.45, 7) is 0.447. The average Bonchev–Trinajstić information content (AvgIpc) is 2.75. The van der Waals surface area contributed by atoms with Gasteiger partial charge in [-0.2, -0.15) is 13.2 Å². The first-order chi connectivity index (χ1) is 9.29. The number of rotatable bonds is 3. The van der Waals surface area contributed by atoms with Crippen LogP contribution in [0.15, 0.2) is 22.7 Å². The van der Waals surface area contributed by atoms with Crippen LogP contribution in [0.3, 0.4) is 0 Å². The molecule has 1 heterocycles. The van der Waals surface area contributed by atoms with Crippen LogP contribution >= 0.6 is 15.9 Å². The summed E-state index contributed by atoms with van der Waals surface area (Å²) in [6.07, 6.45) is -3.31. The van der Waals surface area contributed by atoms with Crippen LogP contribution in [-0.2, 0) is 11.0 Å². The number of carboxylic acid groups (broad SMARTS) is 1. The number of hydrogen-bond acceptors (Lipinski definition) is 2. The molecule has 0 amide bonds. The van der Waals surface area contributed by atoms with E-state index in [1.54, 1.807) is 11.0 Å². The smallest absolute Gasteiger partial charge is 0.418 e. The van der Waals surface area contributed by atoms with Gasteiger partial charge in [0.1, 0.15) is 0 Å². The minimum Gasteiger partial charge on any atom is -0.481 e. The van der Waals surface area contributed by atoms with E-state index in [4.69, 9.17) is 5.11 Å². The molecule has 0 spiro atoms. The molecule has 7 heteroatoms. The maximum atomic E-state index is 13.1. The Labute approximate surface area is 122 Å². The Bertz CT molecular complexity index is 519. The molecule has 2 rings (SSSR count). The van der Waals surface area contributed by atoms with Gasteiger partial charge < -0.3 is 10.0 Å². The van der Waals surface area contributed by atoms with Crippen LogP contribution in [0, 0.1) is 0 Å². The molecule has 0 bridgehead atoms. The standard InChI is InChI=1S/C13H13BrF3NO2/c14-8-3-4-11(10(6-8)13(15,16)17)18-5-1-2-9(18)7-12(19)20/h3-4,6,9H,1-2,5,7H2,(H,19,20). The molecule has 0 aromatic heterocycles. The van der Waals surface area contributed by atoms with Gasteiger partial charge in [0.05, 0.1) is 12.0 Å². The highest BCUT2D eigenvalue weighted by Gasteiger charge is 2.37. The monoisotopic (exact) mass is 351 g/mol. The molecular formula is C13H13BrF3NO2. The molecule has 1 N–H and O–H groups in total. The Morgan fingerprint density at radius 2 is 2.15 bits per heavy atom. The third-order valence-electron chi connectivity index (χ3n) is 3.36. The fraction of sp³-hybridized carbons (Fsp3) is 0.462. The third-order valence-corrected chi connectivity index (χ3v) is 3.85. The van der Waals surface area contributed by atoms with Crippen molar-refractivity contribution in [3.05, 3.63) is 28.2 Å². The highest BCUT2D eigenvalue weighted by atomic mass is 79.9. The Kier molecular flexibility index (Phi) is 4.27. The number of aliphatic carboxylic acids is 1. The Morgan fingerprint density at radius 3 is 2.75 bits per heavy atom. The van der Waals surface area contributed by atoms with Gasteiger partial charge in [0.15, 0.2) is 0 Å². The summed E-state index contributed by atoms with van der Waals surface area (Å²) in [4.78, 5) is 12.4. The van der Waals surface area contributed by atoms with E-state index < -0.39 is 17.7 Å². The van der Waals surface area contributed by atoms with Crippen LogP contribution in [-0.4, -0.2) is 23.7 Å².